The van der Waals surface area contributed by atoms with Crippen LogP contribution < -0.4 is 5.32 Å². The predicted molar refractivity (Wildman–Crippen MR) is 57.0 cm³/mol. The number of hydrogen-bond acceptors (Lipinski definition) is 3. The highest BCUT2D eigenvalue weighted by molar-refractivity contribution is 5.44. The van der Waals surface area contributed by atoms with Crippen molar-refractivity contribution in [1.82, 2.24) is 4.98 Å². The summed E-state index contributed by atoms with van der Waals surface area (Å²) in [5, 5.41) is 11.8. The van der Waals surface area contributed by atoms with E-state index in [0.29, 0.717) is 12.1 Å². The molecule has 14 heavy (non-hydrogen) atoms. The number of nitrogens with zero attached hydrogens (tertiary/aromatic N) is 2. The van der Waals surface area contributed by atoms with E-state index < -0.39 is 0 Å². The summed E-state index contributed by atoms with van der Waals surface area (Å²) in [5.74, 6) is 0.726. The van der Waals surface area contributed by atoms with Crippen molar-refractivity contribution in [2.45, 2.75) is 13.8 Å². The zero-order chi connectivity index (χ0) is 10.6. The van der Waals surface area contributed by atoms with Gasteiger partial charge in [0.15, 0.2) is 0 Å². The van der Waals surface area contributed by atoms with E-state index in [1.165, 1.54) is 0 Å². The van der Waals surface area contributed by atoms with Gasteiger partial charge in [-0.25, -0.2) is 4.98 Å². The maximum absolute atomic E-state index is 8.74. The van der Waals surface area contributed by atoms with Crippen molar-refractivity contribution < 1.29 is 0 Å². The van der Waals surface area contributed by atoms with Gasteiger partial charge in [0.05, 0.1) is 11.6 Å². The topological polar surface area (TPSA) is 48.7 Å². The Hall–Kier alpha value is -1.82. The first-order chi connectivity index (χ1) is 6.61. The smallest absolute Gasteiger partial charge is 0.127 e. The molecule has 1 rings (SSSR count). The van der Waals surface area contributed by atoms with Crippen LogP contribution in [0.25, 0.3) is 0 Å². The first-order valence-corrected chi connectivity index (χ1v) is 4.39. The lowest BCUT2D eigenvalue weighted by Crippen LogP contribution is -2.04. The van der Waals surface area contributed by atoms with Gasteiger partial charge in [0.1, 0.15) is 5.82 Å². The third kappa shape index (κ3) is 2.91. The zero-order valence-corrected chi connectivity index (χ0v) is 8.46. The van der Waals surface area contributed by atoms with E-state index in [9.17, 15) is 0 Å². The highest BCUT2D eigenvalue weighted by Crippen LogP contribution is 2.09. The van der Waals surface area contributed by atoms with Gasteiger partial charge in [-0.2, -0.15) is 5.26 Å². The minimum atomic E-state index is 0.627. The summed E-state index contributed by atoms with van der Waals surface area (Å²) in [5.41, 5.74) is 2.50. The molecule has 0 saturated heterocycles. The zero-order valence-electron chi connectivity index (χ0n) is 8.46. The molecule has 0 amide bonds. The molecule has 1 aromatic rings. The Morgan fingerprint density at radius 1 is 1.64 bits per heavy atom. The van der Waals surface area contributed by atoms with E-state index in [4.69, 9.17) is 5.26 Å². The minimum absolute atomic E-state index is 0.627. The quantitative estimate of drug-likeness (QED) is 0.738. The average molecular weight is 187 g/mol. The molecule has 1 aromatic heterocycles. The Morgan fingerprint density at radius 2 is 2.36 bits per heavy atom. The Bertz CT molecular complexity index is 388. The minimum Gasteiger partial charge on any atom is -0.366 e. The van der Waals surface area contributed by atoms with Gasteiger partial charge in [-0.3, -0.25) is 0 Å². The van der Waals surface area contributed by atoms with Gasteiger partial charge in [-0.1, -0.05) is 12.2 Å². The van der Waals surface area contributed by atoms with E-state index in [0.717, 1.165) is 17.1 Å². The summed E-state index contributed by atoms with van der Waals surface area (Å²) in [4.78, 5) is 4.25. The Labute approximate surface area is 84.1 Å². The van der Waals surface area contributed by atoms with E-state index in [-0.39, 0.29) is 0 Å². The molecule has 0 atom stereocenters. The van der Waals surface area contributed by atoms with Crippen LogP contribution in [0.4, 0.5) is 5.82 Å². The lowest BCUT2D eigenvalue weighted by Gasteiger charge is -2.05. The second-order valence-corrected chi connectivity index (χ2v) is 3.30. The van der Waals surface area contributed by atoms with Gasteiger partial charge in [-0.05, 0) is 26.0 Å². The molecule has 0 aromatic carbocycles. The highest BCUT2D eigenvalue weighted by atomic mass is 15.0. The summed E-state index contributed by atoms with van der Waals surface area (Å²) in [6, 6.07) is 5.58. The van der Waals surface area contributed by atoms with Gasteiger partial charge < -0.3 is 5.32 Å². The molecule has 1 N–H and O–H groups in total. The third-order valence-corrected chi connectivity index (χ3v) is 1.65. The number of anilines is 1. The average Bonchev–Trinajstić information content (AvgIpc) is 2.14. The van der Waals surface area contributed by atoms with Crippen LogP contribution in [0, 0.1) is 18.3 Å². The molecule has 1 heterocycles. The monoisotopic (exact) mass is 187 g/mol. The van der Waals surface area contributed by atoms with Crippen LogP contribution in [0.5, 0.6) is 0 Å². The van der Waals surface area contributed by atoms with Crippen LogP contribution in [-0.2, 0) is 0 Å². The standard InChI is InChI=1S/C11H13N3/c1-8(2)7-13-11-5-10(6-12)4-9(3)14-11/h4-5H,1,7H2,2-3H3,(H,13,14). The van der Waals surface area contributed by atoms with Crippen LogP contribution in [0.2, 0.25) is 0 Å². The number of aryl methyl sites for hydroxylation is 1. The first kappa shape index (κ1) is 10.3. The predicted octanol–water partition coefficient (Wildman–Crippen LogP) is 2.25. The van der Waals surface area contributed by atoms with Crippen molar-refractivity contribution in [3.05, 3.63) is 35.5 Å². The number of rotatable bonds is 3. The van der Waals surface area contributed by atoms with E-state index in [1.54, 1.807) is 12.1 Å². The van der Waals surface area contributed by atoms with Crippen molar-refractivity contribution >= 4 is 5.82 Å². The normalized spacial score (nSPS) is 9.21. The molecular formula is C11H13N3. The third-order valence-electron chi connectivity index (χ3n) is 1.65. The summed E-state index contributed by atoms with van der Waals surface area (Å²) >= 11 is 0. The lowest BCUT2D eigenvalue weighted by molar-refractivity contribution is 1.13. The summed E-state index contributed by atoms with van der Waals surface area (Å²) in [6.07, 6.45) is 0. The van der Waals surface area contributed by atoms with Crippen molar-refractivity contribution in [3.63, 3.8) is 0 Å². The Balaban J connectivity index is 2.82. The second kappa shape index (κ2) is 4.43. The fourth-order valence-electron chi connectivity index (χ4n) is 1.07. The number of hydrogen-bond donors (Lipinski definition) is 1. The van der Waals surface area contributed by atoms with Gasteiger partial charge in [-0.15, -0.1) is 0 Å². The molecule has 0 spiro atoms. The molecule has 72 valence electrons. The molecule has 3 nitrogen and oxygen atoms in total. The van der Waals surface area contributed by atoms with Crippen LogP contribution in [-0.4, -0.2) is 11.5 Å². The largest absolute Gasteiger partial charge is 0.366 e. The van der Waals surface area contributed by atoms with Crippen LogP contribution >= 0.6 is 0 Å². The number of pyridine rings is 1. The number of nitriles is 1. The SMILES string of the molecule is C=C(C)CNc1cc(C#N)cc(C)n1. The van der Waals surface area contributed by atoms with Crippen LogP contribution in [0.1, 0.15) is 18.2 Å². The van der Waals surface area contributed by atoms with Crippen molar-refractivity contribution in [2.24, 2.45) is 0 Å². The van der Waals surface area contributed by atoms with E-state index in [2.05, 4.69) is 22.9 Å². The number of nitrogens with one attached hydrogen (secondary N) is 1. The lowest BCUT2D eigenvalue weighted by atomic mass is 10.2. The van der Waals surface area contributed by atoms with Gasteiger partial charge >= 0.3 is 0 Å². The van der Waals surface area contributed by atoms with Gasteiger partial charge in [0.2, 0.25) is 0 Å². The molecule has 0 saturated carbocycles. The Morgan fingerprint density at radius 3 is 2.93 bits per heavy atom. The first-order valence-electron chi connectivity index (χ1n) is 4.39. The molecule has 0 radical (unpaired) electrons. The van der Waals surface area contributed by atoms with Crippen molar-refractivity contribution in [2.75, 3.05) is 11.9 Å². The summed E-state index contributed by atoms with van der Waals surface area (Å²) < 4.78 is 0. The van der Waals surface area contributed by atoms with Crippen LogP contribution in [0.3, 0.4) is 0 Å². The van der Waals surface area contributed by atoms with Crippen LogP contribution in [0.15, 0.2) is 24.3 Å². The second-order valence-electron chi connectivity index (χ2n) is 3.30. The maximum atomic E-state index is 8.74. The molecule has 0 unspecified atom stereocenters. The Kier molecular flexibility index (Phi) is 3.24. The van der Waals surface area contributed by atoms with Gasteiger partial charge in [0.25, 0.3) is 0 Å². The molecule has 3 heteroatoms. The fourth-order valence-corrected chi connectivity index (χ4v) is 1.07. The molecule has 0 bridgehead atoms. The molecule has 0 aliphatic heterocycles. The molecule has 0 aliphatic carbocycles. The summed E-state index contributed by atoms with van der Waals surface area (Å²) in [7, 11) is 0. The summed E-state index contributed by atoms with van der Waals surface area (Å²) in [6.45, 7) is 8.27. The highest BCUT2D eigenvalue weighted by Gasteiger charge is 1.98. The van der Waals surface area contributed by atoms with Crippen molar-refractivity contribution in [1.29, 1.82) is 5.26 Å². The van der Waals surface area contributed by atoms with Gasteiger partial charge in [0, 0.05) is 12.2 Å². The fraction of sp³-hybridized carbons (Fsp3) is 0.273. The van der Waals surface area contributed by atoms with E-state index in [1.807, 2.05) is 13.8 Å². The molecule has 0 aliphatic rings. The number of aromatic nitrogens is 1. The molecule has 0 fully saturated rings. The van der Waals surface area contributed by atoms with E-state index >= 15 is 0 Å². The molecular weight excluding hydrogens is 174 g/mol. The maximum Gasteiger partial charge on any atom is 0.127 e. The van der Waals surface area contributed by atoms with Crippen molar-refractivity contribution in [3.8, 4) is 6.07 Å².